The molecule has 0 aliphatic carbocycles. The molecule has 0 spiro atoms. The zero-order valence-electron chi connectivity index (χ0n) is 9.57. The van der Waals surface area contributed by atoms with Crippen LogP contribution in [0.3, 0.4) is 0 Å². The van der Waals surface area contributed by atoms with Crippen LogP contribution in [0.25, 0.3) is 0 Å². The smallest absolute Gasteiger partial charge is 0.0157 e. The molecule has 0 aromatic carbocycles. The van der Waals surface area contributed by atoms with Gasteiger partial charge in [-0.1, -0.05) is 46.3 Å². The van der Waals surface area contributed by atoms with Crippen LogP contribution in [0.1, 0.15) is 54.4 Å². The molecule has 0 amide bonds. The Morgan fingerprint density at radius 2 is 1.75 bits per heavy atom. The quantitative estimate of drug-likeness (QED) is 0.547. The summed E-state index contributed by atoms with van der Waals surface area (Å²) in [5.74, 6) is 0.757. The van der Waals surface area contributed by atoms with Crippen LogP contribution >= 0.6 is 0 Å². The lowest BCUT2D eigenvalue weighted by molar-refractivity contribution is 0.267. The van der Waals surface area contributed by atoms with Gasteiger partial charge in [-0.25, -0.2) is 0 Å². The lowest BCUT2D eigenvalue weighted by atomic mass is 9.74. The van der Waals surface area contributed by atoms with Crippen LogP contribution in [-0.2, 0) is 0 Å². The van der Waals surface area contributed by atoms with E-state index in [2.05, 4.69) is 47.6 Å². The molecule has 0 nitrogen and oxygen atoms in total. The van der Waals surface area contributed by atoms with Crippen LogP contribution in [-0.4, -0.2) is 0 Å². The topological polar surface area (TPSA) is 0 Å². The number of hydrogen-bond donors (Lipinski definition) is 0. The Hall–Kier alpha value is -0.260. The second-order valence-electron chi connectivity index (χ2n) is 4.54. The summed E-state index contributed by atoms with van der Waals surface area (Å²) in [6.07, 6.45) is 4.75. The van der Waals surface area contributed by atoms with Gasteiger partial charge < -0.3 is 0 Å². The molecule has 0 aromatic heterocycles. The van der Waals surface area contributed by atoms with Crippen molar-refractivity contribution < 1.29 is 0 Å². The first-order valence-corrected chi connectivity index (χ1v) is 5.12. The summed E-state index contributed by atoms with van der Waals surface area (Å²) >= 11 is 0. The average Bonchev–Trinajstić information content (AvgIpc) is 1.97. The third-order valence-electron chi connectivity index (χ3n) is 2.68. The molecule has 0 heteroatoms. The Morgan fingerprint density at radius 3 is 1.83 bits per heavy atom. The van der Waals surface area contributed by atoms with Crippen molar-refractivity contribution >= 4 is 0 Å². The summed E-state index contributed by atoms with van der Waals surface area (Å²) in [6, 6.07) is 0. The van der Waals surface area contributed by atoms with Gasteiger partial charge in [0.05, 0.1) is 0 Å². The van der Waals surface area contributed by atoms with Gasteiger partial charge in [-0.2, -0.15) is 0 Å². The fourth-order valence-electron chi connectivity index (χ4n) is 2.08. The number of hydrogen-bond acceptors (Lipinski definition) is 0. The van der Waals surface area contributed by atoms with Gasteiger partial charge in [-0.3, -0.25) is 0 Å². The first-order chi connectivity index (χ1) is 5.47. The van der Waals surface area contributed by atoms with Crippen LogP contribution in [0.5, 0.6) is 0 Å². The largest absolute Gasteiger partial charge is 0.0882 e. The minimum Gasteiger partial charge on any atom is -0.0882 e. The molecule has 0 aromatic rings. The molecule has 0 bridgehead atoms. The van der Waals surface area contributed by atoms with Crippen molar-refractivity contribution in [3.05, 3.63) is 11.6 Å². The predicted octanol–water partition coefficient (Wildman–Crippen LogP) is 4.42. The van der Waals surface area contributed by atoms with E-state index in [9.17, 15) is 0 Å². The van der Waals surface area contributed by atoms with Crippen molar-refractivity contribution in [1.82, 2.24) is 0 Å². The highest BCUT2D eigenvalue weighted by Crippen LogP contribution is 2.35. The standard InChI is InChI=1S/C12H24/c1-7-10(8-2)11(9-3)12(4,5)6/h7,11H,8-9H2,1-6H3. The van der Waals surface area contributed by atoms with Gasteiger partial charge in [-0.15, -0.1) is 0 Å². The van der Waals surface area contributed by atoms with E-state index < -0.39 is 0 Å². The summed E-state index contributed by atoms with van der Waals surface area (Å²) in [5, 5.41) is 0. The monoisotopic (exact) mass is 168 g/mol. The molecule has 0 N–H and O–H groups in total. The molecular formula is C12H24. The van der Waals surface area contributed by atoms with E-state index in [-0.39, 0.29) is 0 Å². The van der Waals surface area contributed by atoms with Crippen LogP contribution in [0.4, 0.5) is 0 Å². The van der Waals surface area contributed by atoms with E-state index in [1.165, 1.54) is 12.8 Å². The van der Waals surface area contributed by atoms with E-state index in [0.29, 0.717) is 5.41 Å². The fraction of sp³-hybridized carbons (Fsp3) is 0.833. The SMILES string of the molecule is CC=C(CC)C(CC)C(C)(C)C. The Morgan fingerprint density at radius 1 is 1.25 bits per heavy atom. The van der Waals surface area contributed by atoms with Gasteiger partial charge in [0.2, 0.25) is 0 Å². The minimum atomic E-state index is 0.423. The summed E-state index contributed by atoms with van der Waals surface area (Å²) in [5.41, 5.74) is 2.04. The number of rotatable bonds is 3. The van der Waals surface area contributed by atoms with E-state index >= 15 is 0 Å². The molecular weight excluding hydrogens is 144 g/mol. The Balaban J connectivity index is 4.55. The molecule has 0 aliphatic rings. The van der Waals surface area contributed by atoms with Crippen molar-refractivity contribution in [1.29, 1.82) is 0 Å². The zero-order valence-corrected chi connectivity index (χ0v) is 9.57. The molecule has 0 saturated heterocycles. The highest BCUT2D eigenvalue weighted by Gasteiger charge is 2.24. The average molecular weight is 168 g/mol. The first-order valence-electron chi connectivity index (χ1n) is 5.12. The molecule has 0 radical (unpaired) electrons. The Bertz CT molecular complexity index is 146. The van der Waals surface area contributed by atoms with Crippen molar-refractivity contribution in [2.45, 2.75) is 54.4 Å². The zero-order chi connectivity index (χ0) is 9.78. The first kappa shape index (κ1) is 11.7. The second-order valence-corrected chi connectivity index (χ2v) is 4.54. The maximum absolute atomic E-state index is 2.33. The molecule has 0 aliphatic heterocycles. The maximum atomic E-state index is 2.33. The Kier molecular flexibility index (Phi) is 4.59. The molecule has 0 rings (SSSR count). The van der Waals surface area contributed by atoms with Gasteiger partial charge in [-0.05, 0) is 31.1 Å². The predicted molar refractivity (Wildman–Crippen MR) is 57.3 cm³/mol. The maximum Gasteiger partial charge on any atom is -0.0157 e. The van der Waals surface area contributed by atoms with Crippen LogP contribution < -0.4 is 0 Å². The highest BCUT2D eigenvalue weighted by atomic mass is 14.3. The van der Waals surface area contributed by atoms with E-state index in [0.717, 1.165) is 5.92 Å². The summed E-state index contributed by atoms with van der Waals surface area (Å²) in [4.78, 5) is 0. The van der Waals surface area contributed by atoms with Crippen molar-refractivity contribution in [2.75, 3.05) is 0 Å². The van der Waals surface area contributed by atoms with E-state index in [4.69, 9.17) is 0 Å². The summed E-state index contributed by atoms with van der Waals surface area (Å²) < 4.78 is 0. The third kappa shape index (κ3) is 3.00. The molecule has 72 valence electrons. The van der Waals surface area contributed by atoms with E-state index in [1.807, 2.05) is 0 Å². The number of allylic oxidation sites excluding steroid dienone is 2. The molecule has 0 saturated carbocycles. The van der Waals surface area contributed by atoms with Crippen LogP contribution in [0, 0.1) is 11.3 Å². The minimum absolute atomic E-state index is 0.423. The van der Waals surface area contributed by atoms with E-state index in [1.54, 1.807) is 5.57 Å². The van der Waals surface area contributed by atoms with Crippen molar-refractivity contribution in [2.24, 2.45) is 11.3 Å². The Labute approximate surface area is 78.1 Å². The van der Waals surface area contributed by atoms with Gasteiger partial charge in [0.25, 0.3) is 0 Å². The van der Waals surface area contributed by atoms with Crippen molar-refractivity contribution in [3.63, 3.8) is 0 Å². The summed E-state index contributed by atoms with van der Waals surface area (Å²) in [7, 11) is 0. The molecule has 12 heavy (non-hydrogen) atoms. The molecule has 1 unspecified atom stereocenters. The molecule has 1 atom stereocenters. The lowest BCUT2D eigenvalue weighted by Gasteiger charge is -2.31. The highest BCUT2D eigenvalue weighted by molar-refractivity contribution is 5.07. The lowest BCUT2D eigenvalue weighted by Crippen LogP contribution is -2.21. The van der Waals surface area contributed by atoms with Gasteiger partial charge in [0.1, 0.15) is 0 Å². The molecule has 0 fully saturated rings. The van der Waals surface area contributed by atoms with Gasteiger partial charge in [0, 0.05) is 0 Å². The molecule has 0 heterocycles. The third-order valence-corrected chi connectivity index (χ3v) is 2.68. The normalized spacial score (nSPS) is 16.3. The summed E-state index contributed by atoms with van der Waals surface area (Å²) in [6.45, 7) is 13.7. The van der Waals surface area contributed by atoms with Crippen LogP contribution in [0.2, 0.25) is 0 Å². The van der Waals surface area contributed by atoms with Crippen LogP contribution in [0.15, 0.2) is 11.6 Å². The fourth-order valence-corrected chi connectivity index (χ4v) is 2.08. The van der Waals surface area contributed by atoms with Gasteiger partial charge in [0.15, 0.2) is 0 Å². The second kappa shape index (κ2) is 4.69. The van der Waals surface area contributed by atoms with Crippen molar-refractivity contribution in [3.8, 4) is 0 Å². The van der Waals surface area contributed by atoms with Gasteiger partial charge >= 0.3 is 0 Å².